The van der Waals surface area contributed by atoms with Gasteiger partial charge in [0.1, 0.15) is 10.6 Å². The van der Waals surface area contributed by atoms with Crippen LogP contribution in [0.25, 0.3) is 21.0 Å². The van der Waals surface area contributed by atoms with Gasteiger partial charge in [-0.15, -0.1) is 11.3 Å². The van der Waals surface area contributed by atoms with Crippen molar-refractivity contribution >= 4 is 49.9 Å². The Labute approximate surface area is 178 Å². The molecule has 0 radical (unpaired) electrons. The molecule has 0 bridgehead atoms. The van der Waals surface area contributed by atoms with Gasteiger partial charge < -0.3 is 10.5 Å². The maximum atomic E-state index is 6.39. The molecule has 1 atom stereocenters. The van der Waals surface area contributed by atoms with E-state index in [0.29, 0.717) is 12.4 Å². The van der Waals surface area contributed by atoms with Gasteiger partial charge in [0.2, 0.25) is 0 Å². The number of hydrogen-bond donors (Lipinski definition) is 1. The zero-order valence-corrected chi connectivity index (χ0v) is 18.0. The molecule has 1 aliphatic rings. The van der Waals surface area contributed by atoms with Crippen LogP contribution in [-0.2, 0) is 23.5 Å². The van der Waals surface area contributed by atoms with Crippen LogP contribution in [0.1, 0.15) is 35.8 Å². The highest BCUT2D eigenvalue weighted by molar-refractivity contribution is 7.98. The lowest BCUT2D eigenvalue weighted by Gasteiger charge is -2.22. The normalized spacial score (nSPS) is 16.4. The van der Waals surface area contributed by atoms with Crippen LogP contribution in [0.4, 0.5) is 5.82 Å². The molecule has 6 heteroatoms. The molecule has 148 valence electrons. The van der Waals surface area contributed by atoms with Crippen molar-refractivity contribution in [3.05, 3.63) is 58.5 Å². The fraction of sp³-hybridized carbons (Fsp3) is 0.304. The van der Waals surface area contributed by atoms with Crippen LogP contribution in [-0.4, -0.2) is 16.1 Å². The van der Waals surface area contributed by atoms with Gasteiger partial charge in [-0.05, 0) is 28.3 Å². The fourth-order valence-electron chi connectivity index (χ4n) is 3.97. The molecule has 0 unspecified atom stereocenters. The third-order valence-corrected chi connectivity index (χ3v) is 7.43. The van der Waals surface area contributed by atoms with E-state index >= 15 is 0 Å². The van der Waals surface area contributed by atoms with E-state index in [9.17, 15) is 0 Å². The van der Waals surface area contributed by atoms with Gasteiger partial charge in [-0.2, -0.15) is 0 Å². The summed E-state index contributed by atoms with van der Waals surface area (Å²) < 4.78 is 6.00. The maximum absolute atomic E-state index is 6.39. The number of fused-ring (bicyclic) bond motifs is 4. The zero-order valence-electron chi connectivity index (χ0n) is 16.4. The standard InChI is InChI=1S/C23H23N3OS2/c1-2-5-17-11-18-19(12-27-17)29-22-20(18)21(24)25-23(26-22)28-13-14-8-9-15-6-3-4-7-16(15)10-14/h3-4,6-10,17H,2,5,11-13H2,1H3,(H2,24,25,26)/t17-/m0/s1. The van der Waals surface area contributed by atoms with Crippen LogP contribution < -0.4 is 5.73 Å². The van der Waals surface area contributed by atoms with Crippen LogP contribution in [0, 0.1) is 0 Å². The number of anilines is 1. The number of ether oxygens (including phenoxy) is 1. The van der Waals surface area contributed by atoms with E-state index in [0.717, 1.165) is 40.4 Å². The zero-order chi connectivity index (χ0) is 19.8. The summed E-state index contributed by atoms with van der Waals surface area (Å²) >= 11 is 3.34. The molecule has 2 aromatic heterocycles. The smallest absolute Gasteiger partial charge is 0.191 e. The highest BCUT2D eigenvalue weighted by Crippen LogP contribution is 2.39. The van der Waals surface area contributed by atoms with Gasteiger partial charge in [0.15, 0.2) is 5.16 Å². The van der Waals surface area contributed by atoms with Crippen molar-refractivity contribution in [2.45, 2.75) is 49.8 Å². The number of thioether (sulfide) groups is 1. The second kappa shape index (κ2) is 7.94. The first kappa shape index (κ1) is 18.9. The Balaban J connectivity index is 1.39. The van der Waals surface area contributed by atoms with Gasteiger partial charge in [-0.25, -0.2) is 9.97 Å². The molecule has 4 nitrogen and oxygen atoms in total. The molecule has 0 amide bonds. The average Bonchev–Trinajstić information content (AvgIpc) is 3.10. The summed E-state index contributed by atoms with van der Waals surface area (Å²) in [7, 11) is 0. The van der Waals surface area contributed by atoms with Crippen molar-refractivity contribution in [3.63, 3.8) is 0 Å². The monoisotopic (exact) mass is 421 g/mol. The second-order valence-electron chi connectivity index (χ2n) is 7.47. The predicted molar refractivity (Wildman–Crippen MR) is 123 cm³/mol. The average molecular weight is 422 g/mol. The molecule has 2 N–H and O–H groups in total. The van der Waals surface area contributed by atoms with Crippen LogP contribution in [0.15, 0.2) is 47.6 Å². The molecule has 5 rings (SSSR count). The van der Waals surface area contributed by atoms with Gasteiger partial charge in [0.05, 0.1) is 18.1 Å². The van der Waals surface area contributed by atoms with Gasteiger partial charge in [0, 0.05) is 17.1 Å². The van der Waals surface area contributed by atoms with Gasteiger partial charge in [-0.3, -0.25) is 0 Å². The first-order valence-corrected chi connectivity index (χ1v) is 11.8. The molecule has 1 aliphatic heterocycles. The van der Waals surface area contributed by atoms with Crippen LogP contribution >= 0.6 is 23.1 Å². The molecule has 0 saturated heterocycles. The fourth-order valence-corrected chi connectivity index (χ4v) is 5.96. The Kier molecular flexibility index (Phi) is 5.16. The quantitative estimate of drug-likeness (QED) is 0.318. The van der Waals surface area contributed by atoms with E-state index in [1.165, 1.54) is 26.8 Å². The summed E-state index contributed by atoms with van der Waals surface area (Å²) in [5.41, 5.74) is 8.96. The summed E-state index contributed by atoms with van der Waals surface area (Å²) in [4.78, 5) is 11.7. The Hall–Kier alpha value is -2.15. The van der Waals surface area contributed by atoms with E-state index in [1.54, 1.807) is 23.1 Å². The number of aromatic nitrogens is 2. The van der Waals surface area contributed by atoms with Crippen molar-refractivity contribution in [2.75, 3.05) is 5.73 Å². The predicted octanol–water partition coefficient (Wildman–Crippen LogP) is 5.96. The lowest BCUT2D eigenvalue weighted by Crippen LogP contribution is -2.21. The molecule has 2 aromatic carbocycles. The number of rotatable bonds is 5. The van der Waals surface area contributed by atoms with Crippen LogP contribution in [0.2, 0.25) is 0 Å². The highest BCUT2D eigenvalue weighted by Gasteiger charge is 2.25. The number of thiophene rings is 1. The molecule has 0 fully saturated rings. The minimum Gasteiger partial charge on any atom is -0.383 e. The van der Waals surface area contributed by atoms with Gasteiger partial charge in [-0.1, -0.05) is 67.6 Å². The Morgan fingerprint density at radius 2 is 2.03 bits per heavy atom. The van der Waals surface area contributed by atoms with Gasteiger partial charge in [0.25, 0.3) is 0 Å². The molecule has 0 saturated carbocycles. The lowest BCUT2D eigenvalue weighted by molar-refractivity contribution is 0.0254. The summed E-state index contributed by atoms with van der Waals surface area (Å²) in [5.74, 6) is 1.42. The molecular weight excluding hydrogens is 398 g/mol. The van der Waals surface area contributed by atoms with E-state index in [4.69, 9.17) is 15.5 Å². The highest BCUT2D eigenvalue weighted by atomic mass is 32.2. The number of nitrogens with two attached hydrogens (primary N) is 1. The summed E-state index contributed by atoms with van der Waals surface area (Å²) in [5, 5.41) is 4.31. The second-order valence-corrected chi connectivity index (χ2v) is 9.50. The number of nitrogens with zero attached hydrogens (tertiary/aromatic N) is 2. The van der Waals surface area contributed by atoms with Crippen molar-refractivity contribution in [1.29, 1.82) is 0 Å². The van der Waals surface area contributed by atoms with E-state index < -0.39 is 0 Å². The van der Waals surface area contributed by atoms with Crippen LogP contribution in [0.5, 0.6) is 0 Å². The van der Waals surface area contributed by atoms with E-state index in [1.807, 2.05) is 0 Å². The SMILES string of the molecule is CCC[C@H]1Cc2c(sc3nc(SCc4ccc5ccccc5c4)nc(N)c23)CO1. The minimum absolute atomic E-state index is 0.284. The van der Waals surface area contributed by atoms with Crippen molar-refractivity contribution in [3.8, 4) is 0 Å². The number of hydrogen-bond acceptors (Lipinski definition) is 6. The number of nitrogen functional groups attached to an aromatic ring is 1. The third-order valence-electron chi connectivity index (χ3n) is 5.42. The molecule has 0 aliphatic carbocycles. The van der Waals surface area contributed by atoms with Crippen LogP contribution in [0.3, 0.4) is 0 Å². The van der Waals surface area contributed by atoms with Gasteiger partial charge >= 0.3 is 0 Å². The first-order chi connectivity index (χ1) is 14.2. The number of benzene rings is 2. The molecule has 0 spiro atoms. The topological polar surface area (TPSA) is 61.0 Å². The maximum Gasteiger partial charge on any atom is 0.191 e. The molecule has 3 heterocycles. The summed E-state index contributed by atoms with van der Waals surface area (Å²) in [6, 6.07) is 15.0. The Morgan fingerprint density at radius 3 is 2.90 bits per heavy atom. The lowest BCUT2D eigenvalue weighted by atomic mass is 10.0. The van der Waals surface area contributed by atoms with Crippen molar-refractivity contribution in [2.24, 2.45) is 0 Å². The first-order valence-electron chi connectivity index (χ1n) is 10.0. The largest absolute Gasteiger partial charge is 0.383 e. The molecular formula is C23H23N3OS2. The third kappa shape index (κ3) is 3.72. The van der Waals surface area contributed by atoms with E-state index in [2.05, 4.69) is 54.4 Å². The van der Waals surface area contributed by atoms with E-state index in [-0.39, 0.29) is 6.10 Å². The van der Waals surface area contributed by atoms with Crippen molar-refractivity contribution < 1.29 is 4.74 Å². The Morgan fingerprint density at radius 1 is 1.17 bits per heavy atom. The summed E-state index contributed by atoms with van der Waals surface area (Å²) in [6.45, 7) is 2.86. The Bertz CT molecular complexity index is 1190. The van der Waals surface area contributed by atoms with Crippen molar-refractivity contribution in [1.82, 2.24) is 9.97 Å². The minimum atomic E-state index is 0.284. The molecule has 29 heavy (non-hydrogen) atoms. The summed E-state index contributed by atoms with van der Waals surface area (Å²) in [6.07, 6.45) is 3.41. The molecule has 4 aromatic rings.